The van der Waals surface area contributed by atoms with Gasteiger partial charge < -0.3 is 24.4 Å². The number of rotatable bonds is 7. The van der Waals surface area contributed by atoms with Gasteiger partial charge in [0, 0.05) is 37.9 Å². The summed E-state index contributed by atoms with van der Waals surface area (Å²) in [5.74, 6) is 2.54. The molecule has 142 valence electrons. The van der Waals surface area contributed by atoms with Gasteiger partial charge in [-0.3, -0.25) is 0 Å². The van der Waals surface area contributed by atoms with E-state index in [1.165, 1.54) is 0 Å². The van der Waals surface area contributed by atoms with E-state index >= 15 is 0 Å². The third-order valence-corrected chi connectivity index (χ3v) is 4.27. The molecule has 26 heavy (non-hydrogen) atoms. The SMILES string of the molecule is COc1cccc(CNCc2ccc(N3CCOCC3)nc2)c1OC.Cl. The molecular weight excluding hydrogens is 354 g/mol. The summed E-state index contributed by atoms with van der Waals surface area (Å²) in [4.78, 5) is 6.83. The smallest absolute Gasteiger partial charge is 0.165 e. The maximum absolute atomic E-state index is 5.46. The number of para-hydroxylation sites is 1. The summed E-state index contributed by atoms with van der Waals surface area (Å²) in [6.45, 7) is 4.80. The lowest BCUT2D eigenvalue weighted by Gasteiger charge is -2.27. The molecule has 1 N–H and O–H groups in total. The molecule has 6 nitrogen and oxygen atoms in total. The van der Waals surface area contributed by atoms with Crippen LogP contribution in [-0.2, 0) is 17.8 Å². The van der Waals surface area contributed by atoms with Crippen LogP contribution in [0, 0.1) is 0 Å². The topological polar surface area (TPSA) is 55.9 Å². The molecule has 1 aromatic carbocycles. The van der Waals surface area contributed by atoms with Crippen LogP contribution >= 0.6 is 12.4 Å². The first-order chi connectivity index (χ1) is 12.3. The summed E-state index contributed by atoms with van der Waals surface area (Å²) in [5.41, 5.74) is 2.22. The number of benzene rings is 1. The molecule has 0 unspecified atom stereocenters. The second-order valence-corrected chi connectivity index (χ2v) is 5.88. The van der Waals surface area contributed by atoms with E-state index in [9.17, 15) is 0 Å². The van der Waals surface area contributed by atoms with Crippen LogP contribution in [0.1, 0.15) is 11.1 Å². The lowest BCUT2D eigenvalue weighted by atomic mass is 10.1. The van der Waals surface area contributed by atoms with E-state index in [1.54, 1.807) is 14.2 Å². The van der Waals surface area contributed by atoms with Gasteiger partial charge in [-0.2, -0.15) is 0 Å². The average Bonchev–Trinajstić information content (AvgIpc) is 2.69. The first kappa shape index (κ1) is 20.3. The summed E-state index contributed by atoms with van der Waals surface area (Å²) in [7, 11) is 3.31. The van der Waals surface area contributed by atoms with Gasteiger partial charge in [0.1, 0.15) is 5.82 Å². The van der Waals surface area contributed by atoms with Gasteiger partial charge in [-0.25, -0.2) is 4.98 Å². The summed E-state index contributed by atoms with van der Waals surface area (Å²) in [6.07, 6.45) is 1.93. The minimum Gasteiger partial charge on any atom is -0.493 e. The van der Waals surface area contributed by atoms with Crippen LogP contribution in [0.5, 0.6) is 11.5 Å². The van der Waals surface area contributed by atoms with Gasteiger partial charge in [0.25, 0.3) is 0 Å². The Hall–Kier alpha value is -2.02. The van der Waals surface area contributed by atoms with Gasteiger partial charge in [0.05, 0.1) is 27.4 Å². The minimum absolute atomic E-state index is 0. The zero-order valence-electron chi connectivity index (χ0n) is 15.2. The normalized spacial score (nSPS) is 13.8. The Morgan fingerprint density at radius 3 is 2.54 bits per heavy atom. The summed E-state index contributed by atoms with van der Waals surface area (Å²) in [5, 5.41) is 3.43. The number of pyridine rings is 1. The fourth-order valence-corrected chi connectivity index (χ4v) is 2.94. The number of methoxy groups -OCH3 is 2. The van der Waals surface area contributed by atoms with E-state index in [1.807, 2.05) is 24.4 Å². The molecule has 0 spiro atoms. The van der Waals surface area contributed by atoms with Crippen molar-refractivity contribution in [1.82, 2.24) is 10.3 Å². The largest absolute Gasteiger partial charge is 0.493 e. The van der Waals surface area contributed by atoms with Crippen molar-refractivity contribution in [3.8, 4) is 11.5 Å². The minimum atomic E-state index is 0. The Balaban J connectivity index is 0.00000243. The summed E-state index contributed by atoms with van der Waals surface area (Å²) < 4.78 is 16.2. The van der Waals surface area contributed by atoms with Gasteiger partial charge in [0.15, 0.2) is 11.5 Å². The molecule has 1 aliphatic heterocycles. The highest BCUT2D eigenvalue weighted by Crippen LogP contribution is 2.30. The zero-order chi connectivity index (χ0) is 17.5. The van der Waals surface area contributed by atoms with Crippen LogP contribution in [0.2, 0.25) is 0 Å². The quantitative estimate of drug-likeness (QED) is 0.798. The Labute approximate surface area is 160 Å². The monoisotopic (exact) mass is 379 g/mol. The van der Waals surface area contributed by atoms with E-state index < -0.39 is 0 Å². The van der Waals surface area contributed by atoms with Crippen LogP contribution < -0.4 is 19.7 Å². The van der Waals surface area contributed by atoms with E-state index in [0.29, 0.717) is 6.54 Å². The Morgan fingerprint density at radius 1 is 1.08 bits per heavy atom. The maximum atomic E-state index is 5.46. The van der Waals surface area contributed by atoms with E-state index in [4.69, 9.17) is 14.2 Å². The number of hydrogen-bond donors (Lipinski definition) is 1. The highest BCUT2D eigenvalue weighted by Gasteiger charge is 2.12. The molecule has 0 radical (unpaired) electrons. The Morgan fingerprint density at radius 2 is 1.88 bits per heavy atom. The summed E-state index contributed by atoms with van der Waals surface area (Å²) >= 11 is 0. The molecule has 2 heterocycles. The summed E-state index contributed by atoms with van der Waals surface area (Å²) in [6, 6.07) is 10.1. The molecule has 0 amide bonds. The second-order valence-electron chi connectivity index (χ2n) is 5.88. The van der Waals surface area contributed by atoms with Crippen LogP contribution in [-0.4, -0.2) is 45.5 Å². The van der Waals surface area contributed by atoms with Crippen LogP contribution in [0.3, 0.4) is 0 Å². The highest BCUT2D eigenvalue weighted by molar-refractivity contribution is 5.85. The van der Waals surface area contributed by atoms with Crippen molar-refractivity contribution in [3.05, 3.63) is 47.7 Å². The molecule has 1 fully saturated rings. The lowest BCUT2D eigenvalue weighted by Crippen LogP contribution is -2.36. The molecule has 7 heteroatoms. The van der Waals surface area contributed by atoms with Gasteiger partial charge >= 0.3 is 0 Å². The van der Waals surface area contributed by atoms with Crippen molar-refractivity contribution in [1.29, 1.82) is 0 Å². The van der Waals surface area contributed by atoms with Gasteiger partial charge in [0.2, 0.25) is 0 Å². The Kier molecular flexibility index (Phi) is 7.97. The van der Waals surface area contributed by atoms with Gasteiger partial charge in [-0.15, -0.1) is 12.4 Å². The fourth-order valence-electron chi connectivity index (χ4n) is 2.94. The van der Waals surface area contributed by atoms with Gasteiger partial charge in [-0.05, 0) is 17.7 Å². The number of halogens is 1. The van der Waals surface area contributed by atoms with Crippen LogP contribution in [0.15, 0.2) is 36.5 Å². The Bertz CT molecular complexity index is 676. The second kappa shape index (κ2) is 10.2. The van der Waals surface area contributed by atoms with Crippen molar-refractivity contribution >= 4 is 18.2 Å². The van der Waals surface area contributed by atoms with E-state index in [2.05, 4.69) is 27.3 Å². The molecule has 1 saturated heterocycles. The first-order valence-electron chi connectivity index (χ1n) is 8.50. The molecular formula is C19H26ClN3O3. The predicted octanol–water partition coefficient (Wildman–Crippen LogP) is 2.65. The number of anilines is 1. The van der Waals surface area contributed by atoms with Crippen LogP contribution in [0.4, 0.5) is 5.82 Å². The third-order valence-electron chi connectivity index (χ3n) is 4.27. The van der Waals surface area contributed by atoms with Crippen molar-refractivity contribution in [2.24, 2.45) is 0 Å². The predicted molar refractivity (Wildman–Crippen MR) is 105 cm³/mol. The number of aromatic nitrogens is 1. The molecule has 0 aliphatic carbocycles. The van der Waals surface area contributed by atoms with Gasteiger partial charge in [-0.1, -0.05) is 18.2 Å². The molecule has 0 bridgehead atoms. The number of nitrogens with one attached hydrogen (secondary N) is 1. The van der Waals surface area contributed by atoms with Crippen LogP contribution in [0.25, 0.3) is 0 Å². The molecule has 0 atom stereocenters. The molecule has 3 rings (SSSR count). The van der Waals surface area contributed by atoms with E-state index in [0.717, 1.165) is 61.3 Å². The van der Waals surface area contributed by atoms with E-state index in [-0.39, 0.29) is 12.4 Å². The number of ether oxygens (including phenoxy) is 3. The van der Waals surface area contributed by atoms with Crippen molar-refractivity contribution in [2.75, 3.05) is 45.4 Å². The number of hydrogen-bond acceptors (Lipinski definition) is 6. The highest BCUT2D eigenvalue weighted by atomic mass is 35.5. The van der Waals surface area contributed by atoms with Crippen molar-refractivity contribution in [3.63, 3.8) is 0 Å². The molecule has 1 aliphatic rings. The molecule has 2 aromatic rings. The number of nitrogens with zero attached hydrogens (tertiary/aromatic N) is 2. The molecule has 0 saturated carbocycles. The number of morpholine rings is 1. The maximum Gasteiger partial charge on any atom is 0.165 e. The molecule has 1 aromatic heterocycles. The van der Waals surface area contributed by atoms with Crippen molar-refractivity contribution in [2.45, 2.75) is 13.1 Å². The standard InChI is InChI=1S/C19H25N3O3.ClH/c1-23-17-5-3-4-16(19(17)24-2)14-20-12-15-6-7-18(21-13-15)22-8-10-25-11-9-22;/h3-7,13,20H,8-12,14H2,1-2H3;1H. The average molecular weight is 380 g/mol. The van der Waals surface area contributed by atoms with Crippen molar-refractivity contribution < 1.29 is 14.2 Å². The third kappa shape index (κ3) is 5.00. The lowest BCUT2D eigenvalue weighted by molar-refractivity contribution is 0.122. The fraction of sp³-hybridized carbons (Fsp3) is 0.421. The first-order valence-corrected chi connectivity index (χ1v) is 8.50. The zero-order valence-corrected chi connectivity index (χ0v) is 16.1.